The van der Waals surface area contributed by atoms with Crippen molar-refractivity contribution in [2.75, 3.05) is 0 Å². The zero-order valence-corrected chi connectivity index (χ0v) is 13.9. The van der Waals surface area contributed by atoms with E-state index >= 15 is 0 Å². The van der Waals surface area contributed by atoms with Gasteiger partial charge in [-0.15, -0.1) is 0 Å². The fourth-order valence-corrected chi connectivity index (χ4v) is 3.98. The molecule has 0 aromatic heterocycles. The van der Waals surface area contributed by atoms with Gasteiger partial charge in [-0.3, -0.25) is 10.1 Å². The molecule has 0 aliphatic heterocycles. The predicted molar refractivity (Wildman–Crippen MR) is 91.8 cm³/mol. The summed E-state index contributed by atoms with van der Waals surface area (Å²) < 4.78 is 0. The summed E-state index contributed by atoms with van der Waals surface area (Å²) in [6, 6.07) is 12.0. The molecular formula is C19H15N5O2. The molecule has 0 bridgehead atoms. The number of nitrogens with zero attached hydrogens (tertiary/aromatic N) is 4. The van der Waals surface area contributed by atoms with Crippen molar-refractivity contribution in [2.45, 2.75) is 31.6 Å². The highest BCUT2D eigenvalue weighted by molar-refractivity contribution is 5.62. The van der Waals surface area contributed by atoms with E-state index in [1.54, 1.807) is 6.07 Å². The molecule has 26 heavy (non-hydrogen) atoms. The first kappa shape index (κ1) is 17.2. The first-order valence-electron chi connectivity index (χ1n) is 8.19. The lowest BCUT2D eigenvalue weighted by Crippen LogP contribution is -2.38. The molecule has 2 aliphatic rings. The molecule has 2 aliphatic carbocycles. The number of hydrogen-bond donors (Lipinski definition) is 1. The molecule has 7 heteroatoms. The van der Waals surface area contributed by atoms with Crippen LogP contribution in [-0.4, -0.2) is 4.92 Å². The molecule has 0 saturated heterocycles. The van der Waals surface area contributed by atoms with E-state index in [0.717, 1.165) is 24.0 Å². The van der Waals surface area contributed by atoms with Crippen LogP contribution in [0.1, 0.15) is 37.2 Å². The Morgan fingerprint density at radius 3 is 2.50 bits per heavy atom. The lowest BCUT2D eigenvalue weighted by Gasteiger charge is -2.39. The Balaban J connectivity index is 2.33. The number of hydrogen-bond acceptors (Lipinski definition) is 6. The van der Waals surface area contributed by atoms with Crippen LogP contribution in [-0.2, 0) is 0 Å². The van der Waals surface area contributed by atoms with Gasteiger partial charge in [0.2, 0.25) is 0 Å². The Labute approximate surface area is 150 Å². The monoisotopic (exact) mass is 345 g/mol. The van der Waals surface area contributed by atoms with Gasteiger partial charge in [-0.25, -0.2) is 0 Å². The summed E-state index contributed by atoms with van der Waals surface area (Å²) in [6.07, 6.45) is 3.05. The number of rotatable bonds is 2. The maximum atomic E-state index is 11.2. The minimum Gasteiger partial charge on any atom is -0.399 e. The van der Waals surface area contributed by atoms with Crippen molar-refractivity contribution in [3.8, 4) is 18.2 Å². The number of allylic oxidation sites excluding steroid dienone is 4. The Morgan fingerprint density at radius 2 is 1.88 bits per heavy atom. The number of nitro groups is 1. The van der Waals surface area contributed by atoms with E-state index in [-0.39, 0.29) is 17.0 Å². The molecule has 0 fully saturated rings. The van der Waals surface area contributed by atoms with Gasteiger partial charge >= 0.3 is 0 Å². The van der Waals surface area contributed by atoms with Crippen LogP contribution in [0.4, 0.5) is 5.69 Å². The van der Waals surface area contributed by atoms with Crippen molar-refractivity contribution >= 4 is 5.69 Å². The summed E-state index contributed by atoms with van der Waals surface area (Å²) in [5.74, 6) is -0.718. The largest absolute Gasteiger partial charge is 0.399 e. The van der Waals surface area contributed by atoms with Gasteiger partial charge in [-0.05, 0) is 36.8 Å². The van der Waals surface area contributed by atoms with Gasteiger partial charge < -0.3 is 5.73 Å². The van der Waals surface area contributed by atoms with E-state index in [1.165, 1.54) is 18.2 Å². The van der Waals surface area contributed by atoms with Gasteiger partial charge in [-0.2, -0.15) is 15.8 Å². The molecule has 0 spiro atoms. The van der Waals surface area contributed by atoms with Crippen molar-refractivity contribution < 1.29 is 4.92 Å². The van der Waals surface area contributed by atoms with Crippen molar-refractivity contribution in [3.63, 3.8) is 0 Å². The SMILES string of the molecule is N#CC1=C(N)C(C#N)(C#N)[C@H](c2cccc([N+](=O)[O-])c2)C2=C1CCCC2. The molecule has 0 radical (unpaired) electrons. The topological polar surface area (TPSA) is 141 Å². The number of nitro benzene ring substituents is 1. The second-order valence-corrected chi connectivity index (χ2v) is 6.43. The van der Waals surface area contributed by atoms with Gasteiger partial charge in [0.25, 0.3) is 5.69 Å². The van der Waals surface area contributed by atoms with Gasteiger partial charge in [0, 0.05) is 18.1 Å². The zero-order valence-electron chi connectivity index (χ0n) is 13.9. The normalized spacial score (nSPS) is 21.2. The van der Waals surface area contributed by atoms with Gasteiger partial charge in [0.1, 0.15) is 6.07 Å². The minimum absolute atomic E-state index is 0.0536. The lowest BCUT2D eigenvalue weighted by atomic mass is 9.60. The maximum Gasteiger partial charge on any atom is 0.269 e. The van der Waals surface area contributed by atoms with E-state index in [9.17, 15) is 25.9 Å². The van der Waals surface area contributed by atoms with Crippen LogP contribution in [0.3, 0.4) is 0 Å². The number of nitriles is 3. The quantitative estimate of drug-likeness (QED) is 0.643. The van der Waals surface area contributed by atoms with Gasteiger partial charge in [0.15, 0.2) is 5.41 Å². The summed E-state index contributed by atoms with van der Waals surface area (Å²) >= 11 is 0. The van der Waals surface area contributed by atoms with E-state index in [1.807, 2.05) is 12.1 Å². The molecule has 3 rings (SSSR count). The van der Waals surface area contributed by atoms with Crippen LogP contribution in [0.2, 0.25) is 0 Å². The van der Waals surface area contributed by atoms with Crippen molar-refractivity contribution in [1.82, 2.24) is 0 Å². The van der Waals surface area contributed by atoms with Crippen LogP contribution in [0.25, 0.3) is 0 Å². The molecule has 1 aromatic carbocycles. The maximum absolute atomic E-state index is 11.2. The van der Waals surface area contributed by atoms with Crippen molar-refractivity contribution in [2.24, 2.45) is 11.1 Å². The first-order valence-corrected chi connectivity index (χ1v) is 8.19. The van der Waals surface area contributed by atoms with Crippen LogP contribution >= 0.6 is 0 Å². The molecule has 7 nitrogen and oxygen atoms in total. The van der Waals surface area contributed by atoms with E-state index < -0.39 is 16.3 Å². The third kappa shape index (κ3) is 2.32. The molecule has 0 amide bonds. The third-order valence-corrected chi connectivity index (χ3v) is 5.17. The molecule has 0 saturated carbocycles. The Hall–Kier alpha value is -3.63. The lowest BCUT2D eigenvalue weighted by molar-refractivity contribution is -0.384. The standard InChI is InChI=1S/C19H15N5O2/c20-9-16-14-6-1-2-7-15(14)17(19(10-21,11-22)18(16)23)12-4-3-5-13(8-12)24(25)26/h3-5,8,17H,1-2,6-7,23H2/t17-/m1/s1. The molecule has 0 unspecified atom stereocenters. The molecular weight excluding hydrogens is 330 g/mol. The number of benzene rings is 1. The fourth-order valence-electron chi connectivity index (χ4n) is 3.98. The summed E-state index contributed by atoms with van der Waals surface area (Å²) in [4.78, 5) is 10.7. The van der Waals surface area contributed by atoms with Crippen LogP contribution < -0.4 is 5.73 Å². The highest BCUT2D eigenvalue weighted by Crippen LogP contribution is 2.54. The van der Waals surface area contributed by atoms with Gasteiger partial charge in [0.05, 0.1) is 28.3 Å². The average molecular weight is 345 g/mol. The Bertz CT molecular complexity index is 970. The second kappa shape index (κ2) is 6.35. The second-order valence-electron chi connectivity index (χ2n) is 6.43. The smallest absolute Gasteiger partial charge is 0.269 e. The van der Waals surface area contributed by atoms with Crippen molar-refractivity contribution in [1.29, 1.82) is 15.8 Å². The molecule has 1 aromatic rings. The summed E-state index contributed by atoms with van der Waals surface area (Å²) in [5.41, 5.74) is 6.57. The first-order chi connectivity index (χ1) is 12.5. The summed E-state index contributed by atoms with van der Waals surface area (Å²) in [5, 5.41) is 40.5. The Kier molecular flexibility index (Phi) is 4.20. The van der Waals surface area contributed by atoms with Crippen LogP contribution in [0, 0.1) is 49.5 Å². The fraction of sp³-hybridized carbons (Fsp3) is 0.316. The minimum atomic E-state index is -1.75. The van der Waals surface area contributed by atoms with Crippen LogP contribution in [0.15, 0.2) is 46.7 Å². The van der Waals surface area contributed by atoms with Crippen molar-refractivity contribution in [3.05, 3.63) is 62.4 Å². The van der Waals surface area contributed by atoms with E-state index in [4.69, 9.17) is 5.73 Å². The number of nitrogens with two attached hydrogens (primary N) is 1. The predicted octanol–water partition coefficient (Wildman–Crippen LogP) is 3.33. The Morgan fingerprint density at radius 1 is 1.19 bits per heavy atom. The highest BCUT2D eigenvalue weighted by atomic mass is 16.6. The summed E-state index contributed by atoms with van der Waals surface area (Å²) in [7, 11) is 0. The molecule has 0 heterocycles. The summed E-state index contributed by atoms with van der Waals surface area (Å²) in [6.45, 7) is 0. The van der Waals surface area contributed by atoms with E-state index in [2.05, 4.69) is 6.07 Å². The third-order valence-electron chi connectivity index (χ3n) is 5.17. The molecule has 2 N–H and O–H groups in total. The molecule has 128 valence electrons. The van der Waals surface area contributed by atoms with Gasteiger partial charge in [-0.1, -0.05) is 17.7 Å². The van der Waals surface area contributed by atoms with E-state index in [0.29, 0.717) is 18.4 Å². The average Bonchev–Trinajstić information content (AvgIpc) is 2.67. The zero-order chi connectivity index (χ0) is 18.9. The number of non-ortho nitro benzene ring substituents is 1. The molecule has 1 atom stereocenters. The highest BCUT2D eigenvalue weighted by Gasteiger charge is 2.51. The van der Waals surface area contributed by atoms with Crippen LogP contribution in [0.5, 0.6) is 0 Å².